The van der Waals surface area contributed by atoms with Crippen molar-refractivity contribution in [2.75, 3.05) is 6.61 Å². The van der Waals surface area contributed by atoms with Crippen LogP contribution in [-0.2, 0) is 20.8 Å². The average molecular weight is 306 g/mol. The molecule has 1 aliphatic rings. The van der Waals surface area contributed by atoms with E-state index in [2.05, 4.69) is 0 Å². The molecule has 0 saturated carbocycles. The maximum atomic E-state index is 10.1. The van der Waals surface area contributed by atoms with Crippen molar-refractivity contribution in [3.63, 3.8) is 0 Å². The molecule has 4 heteroatoms. The Hall–Kier alpha value is -1.20. The van der Waals surface area contributed by atoms with E-state index in [1.165, 1.54) is 0 Å². The fourth-order valence-corrected chi connectivity index (χ4v) is 2.32. The van der Waals surface area contributed by atoms with Gasteiger partial charge in [0, 0.05) is 0 Å². The predicted octanol–water partition coefficient (Wildman–Crippen LogP) is 3.05. The minimum atomic E-state index is -0.596. The summed E-state index contributed by atoms with van der Waals surface area (Å²) in [5.41, 5.74) is 1.15. The summed E-state index contributed by atoms with van der Waals surface area (Å²) in [7, 11) is 0. The average Bonchev–Trinajstić information content (AvgIpc) is 2.86. The molecule has 3 atom stereocenters. The van der Waals surface area contributed by atoms with Crippen LogP contribution in [0.5, 0.6) is 0 Å². The molecule has 4 nitrogen and oxygen atoms in total. The number of ether oxygens (including phenoxy) is 3. The van der Waals surface area contributed by atoms with Crippen molar-refractivity contribution >= 4 is 0 Å². The Morgan fingerprint density at radius 1 is 1.36 bits per heavy atom. The third-order valence-corrected chi connectivity index (χ3v) is 3.60. The van der Waals surface area contributed by atoms with Crippen LogP contribution < -0.4 is 0 Å². The monoisotopic (exact) mass is 306 g/mol. The van der Waals surface area contributed by atoms with Crippen molar-refractivity contribution in [2.24, 2.45) is 0 Å². The molecule has 22 heavy (non-hydrogen) atoms. The van der Waals surface area contributed by atoms with Crippen molar-refractivity contribution in [3.05, 3.63) is 48.0 Å². The van der Waals surface area contributed by atoms with Crippen LogP contribution in [0.4, 0.5) is 0 Å². The Kier molecular flexibility index (Phi) is 6.15. The molecule has 0 spiro atoms. The SMILES string of the molecule is C[C@@H](/C=C/C[C@H](O)[C@H]1COC(C)(C)O1)OCc1ccccc1. The normalized spacial score (nSPS) is 23.7. The van der Waals surface area contributed by atoms with E-state index >= 15 is 0 Å². The van der Waals surface area contributed by atoms with E-state index in [1.54, 1.807) is 0 Å². The zero-order valence-electron chi connectivity index (χ0n) is 13.6. The highest BCUT2D eigenvalue weighted by atomic mass is 16.7. The molecule has 0 aromatic heterocycles. The zero-order valence-corrected chi connectivity index (χ0v) is 13.6. The summed E-state index contributed by atoms with van der Waals surface area (Å²) in [5.74, 6) is -0.596. The molecule has 1 aromatic carbocycles. The molecule has 1 fully saturated rings. The van der Waals surface area contributed by atoms with Gasteiger partial charge in [0.25, 0.3) is 0 Å². The second-order valence-corrected chi connectivity index (χ2v) is 6.10. The third-order valence-electron chi connectivity index (χ3n) is 3.60. The molecule has 0 amide bonds. The minimum absolute atomic E-state index is 0.00425. The molecule has 0 bridgehead atoms. The van der Waals surface area contributed by atoms with Crippen molar-refractivity contribution in [2.45, 2.75) is 57.9 Å². The first-order valence-corrected chi connectivity index (χ1v) is 7.78. The standard InChI is InChI=1S/C18H26O4/c1-14(20-12-15-9-5-4-6-10-15)8-7-11-16(19)17-13-21-18(2,3)22-17/h4-10,14,16-17,19H,11-13H2,1-3H3/b8-7+/t14-,16-,17+/m0/s1. The lowest BCUT2D eigenvalue weighted by Crippen LogP contribution is -2.30. The number of hydrogen-bond donors (Lipinski definition) is 1. The van der Waals surface area contributed by atoms with Gasteiger partial charge < -0.3 is 19.3 Å². The maximum Gasteiger partial charge on any atom is 0.163 e. The van der Waals surface area contributed by atoms with Crippen molar-refractivity contribution in [1.82, 2.24) is 0 Å². The molecule has 122 valence electrons. The first-order valence-electron chi connectivity index (χ1n) is 7.78. The van der Waals surface area contributed by atoms with Gasteiger partial charge in [-0.05, 0) is 32.8 Å². The quantitative estimate of drug-likeness (QED) is 0.787. The number of benzene rings is 1. The van der Waals surface area contributed by atoms with Crippen LogP contribution in [0.2, 0.25) is 0 Å². The molecule has 0 aliphatic carbocycles. The molecule has 1 saturated heterocycles. The fraction of sp³-hybridized carbons (Fsp3) is 0.556. The second-order valence-electron chi connectivity index (χ2n) is 6.10. The van der Waals surface area contributed by atoms with Crippen LogP contribution in [0.3, 0.4) is 0 Å². The number of hydrogen-bond acceptors (Lipinski definition) is 4. The van der Waals surface area contributed by atoms with Crippen LogP contribution in [0, 0.1) is 0 Å². The van der Waals surface area contributed by atoms with Gasteiger partial charge in [-0.15, -0.1) is 0 Å². The highest BCUT2D eigenvalue weighted by Gasteiger charge is 2.36. The molecule has 2 rings (SSSR count). The van der Waals surface area contributed by atoms with Crippen LogP contribution in [-0.4, -0.2) is 35.8 Å². The molecule has 1 aromatic rings. The summed E-state index contributed by atoms with van der Waals surface area (Å²) in [6, 6.07) is 10.1. The second kappa shape index (κ2) is 7.88. The summed E-state index contributed by atoms with van der Waals surface area (Å²) in [5, 5.41) is 10.1. The van der Waals surface area contributed by atoms with E-state index in [9.17, 15) is 5.11 Å². The summed E-state index contributed by atoms with van der Waals surface area (Å²) >= 11 is 0. The topological polar surface area (TPSA) is 47.9 Å². The van der Waals surface area contributed by atoms with Gasteiger partial charge in [0.15, 0.2) is 5.79 Å². The van der Waals surface area contributed by atoms with E-state index in [0.717, 1.165) is 5.56 Å². The van der Waals surface area contributed by atoms with E-state index in [0.29, 0.717) is 19.6 Å². The largest absolute Gasteiger partial charge is 0.390 e. The predicted molar refractivity (Wildman–Crippen MR) is 85.4 cm³/mol. The van der Waals surface area contributed by atoms with Crippen molar-refractivity contribution in [1.29, 1.82) is 0 Å². The Balaban J connectivity index is 1.68. The number of aliphatic hydroxyl groups excluding tert-OH is 1. The van der Waals surface area contributed by atoms with Crippen LogP contribution >= 0.6 is 0 Å². The molecular weight excluding hydrogens is 280 g/mol. The summed E-state index contributed by atoms with van der Waals surface area (Å²) < 4.78 is 16.8. The van der Waals surface area contributed by atoms with Gasteiger partial charge >= 0.3 is 0 Å². The van der Waals surface area contributed by atoms with E-state index in [-0.39, 0.29) is 12.2 Å². The van der Waals surface area contributed by atoms with E-state index in [4.69, 9.17) is 14.2 Å². The summed E-state index contributed by atoms with van der Waals surface area (Å²) in [4.78, 5) is 0. The number of rotatable bonds is 7. The van der Waals surface area contributed by atoms with Gasteiger partial charge in [0.1, 0.15) is 6.10 Å². The maximum absolute atomic E-state index is 10.1. The van der Waals surface area contributed by atoms with Crippen LogP contribution in [0.25, 0.3) is 0 Å². The molecule has 1 N–H and O–H groups in total. The van der Waals surface area contributed by atoms with Crippen molar-refractivity contribution in [3.8, 4) is 0 Å². The van der Waals surface area contributed by atoms with Crippen LogP contribution in [0.1, 0.15) is 32.8 Å². The Labute approximate surface area is 132 Å². The Morgan fingerprint density at radius 2 is 2.09 bits per heavy atom. The van der Waals surface area contributed by atoms with Gasteiger partial charge in [-0.25, -0.2) is 0 Å². The van der Waals surface area contributed by atoms with E-state index in [1.807, 2.05) is 63.3 Å². The lowest BCUT2D eigenvalue weighted by atomic mass is 10.1. The highest BCUT2D eigenvalue weighted by molar-refractivity contribution is 5.13. The number of aliphatic hydroxyl groups is 1. The lowest BCUT2D eigenvalue weighted by molar-refractivity contribution is -0.150. The van der Waals surface area contributed by atoms with Gasteiger partial charge in [-0.3, -0.25) is 0 Å². The molecule has 1 aliphatic heterocycles. The fourth-order valence-electron chi connectivity index (χ4n) is 2.32. The van der Waals surface area contributed by atoms with E-state index < -0.39 is 11.9 Å². The smallest absolute Gasteiger partial charge is 0.163 e. The molecule has 0 unspecified atom stereocenters. The molecule has 1 heterocycles. The first kappa shape index (κ1) is 17.2. The highest BCUT2D eigenvalue weighted by Crippen LogP contribution is 2.25. The summed E-state index contributed by atoms with van der Waals surface area (Å²) in [6.45, 7) is 6.72. The Morgan fingerprint density at radius 3 is 2.73 bits per heavy atom. The van der Waals surface area contributed by atoms with Gasteiger partial charge in [-0.2, -0.15) is 0 Å². The lowest BCUT2D eigenvalue weighted by Gasteiger charge is -2.19. The van der Waals surface area contributed by atoms with Crippen molar-refractivity contribution < 1.29 is 19.3 Å². The first-order chi connectivity index (χ1) is 10.5. The minimum Gasteiger partial charge on any atom is -0.390 e. The Bertz CT molecular complexity index is 469. The summed E-state index contributed by atoms with van der Waals surface area (Å²) in [6.07, 6.45) is 3.62. The third kappa shape index (κ3) is 5.54. The molecule has 0 radical (unpaired) electrons. The van der Waals surface area contributed by atoms with Gasteiger partial charge in [-0.1, -0.05) is 42.5 Å². The zero-order chi connectivity index (χ0) is 16.0. The van der Waals surface area contributed by atoms with Crippen LogP contribution in [0.15, 0.2) is 42.5 Å². The van der Waals surface area contributed by atoms with Gasteiger partial charge in [0.2, 0.25) is 0 Å². The van der Waals surface area contributed by atoms with Gasteiger partial charge in [0.05, 0.1) is 25.4 Å². The molecular formula is C18H26O4.